The number of rotatable bonds is 4. The average Bonchev–Trinajstić information content (AvgIpc) is 3.12. The zero-order chi connectivity index (χ0) is 16.2. The fourth-order valence-electron chi connectivity index (χ4n) is 3.07. The van der Waals surface area contributed by atoms with Crippen LogP contribution in [0.25, 0.3) is 0 Å². The normalized spacial score (nSPS) is 18.3. The van der Waals surface area contributed by atoms with E-state index in [9.17, 15) is 9.90 Å². The Kier molecular flexibility index (Phi) is 4.93. The number of urea groups is 1. The Morgan fingerprint density at radius 1 is 1.52 bits per heavy atom. The van der Waals surface area contributed by atoms with Gasteiger partial charge in [0.1, 0.15) is 5.01 Å². The van der Waals surface area contributed by atoms with Crippen LogP contribution in [0.1, 0.15) is 41.6 Å². The highest BCUT2D eigenvalue weighted by atomic mass is 32.1. The summed E-state index contributed by atoms with van der Waals surface area (Å²) in [5.74, 6) is 0. The predicted molar refractivity (Wildman–Crippen MR) is 90.4 cm³/mol. The van der Waals surface area contributed by atoms with Gasteiger partial charge in [0.25, 0.3) is 0 Å². The summed E-state index contributed by atoms with van der Waals surface area (Å²) in [6.45, 7) is 2.57. The smallest absolute Gasteiger partial charge is 0.318 e. The van der Waals surface area contributed by atoms with Gasteiger partial charge in [-0.3, -0.25) is 0 Å². The number of carbonyl (C=O) groups excluding carboxylic acids is 1. The molecule has 23 heavy (non-hydrogen) atoms. The lowest BCUT2D eigenvalue weighted by atomic mass is 9.93. The number of fused-ring (bicyclic) bond motifs is 1. The van der Waals surface area contributed by atoms with E-state index in [1.54, 1.807) is 22.4 Å². The van der Waals surface area contributed by atoms with Crippen molar-refractivity contribution < 1.29 is 9.90 Å². The largest absolute Gasteiger partial charge is 0.394 e. The quantitative estimate of drug-likeness (QED) is 0.905. The summed E-state index contributed by atoms with van der Waals surface area (Å²) < 4.78 is 0. The Bertz CT molecular complexity index is 660. The first-order valence-electron chi connectivity index (χ1n) is 7.89. The van der Waals surface area contributed by atoms with E-state index in [4.69, 9.17) is 0 Å². The van der Waals surface area contributed by atoms with Crippen molar-refractivity contribution in [1.82, 2.24) is 15.2 Å². The van der Waals surface area contributed by atoms with Crippen LogP contribution in [0, 0.1) is 0 Å². The summed E-state index contributed by atoms with van der Waals surface area (Å²) in [5, 5.41) is 15.7. The minimum atomic E-state index is -0.284. The molecule has 0 spiro atoms. The van der Waals surface area contributed by atoms with Crippen LogP contribution in [0.3, 0.4) is 0 Å². The molecule has 6 heteroatoms. The summed E-state index contributed by atoms with van der Waals surface area (Å²) >= 11 is 1.55. The van der Waals surface area contributed by atoms with Gasteiger partial charge in [0.2, 0.25) is 0 Å². The molecule has 0 saturated heterocycles. The molecule has 1 aromatic heterocycles. The van der Waals surface area contributed by atoms with Crippen LogP contribution in [-0.4, -0.2) is 34.2 Å². The highest BCUT2D eigenvalue weighted by Gasteiger charge is 2.31. The second-order valence-electron chi connectivity index (χ2n) is 5.62. The lowest BCUT2D eigenvalue weighted by Crippen LogP contribution is -2.47. The first-order valence-corrected chi connectivity index (χ1v) is 8.77. The molecule has 0 bridgehead atoms. The van der Waals surface area contributed by atoms with Crippen LogP contribution >= 0.6 is 11.3 Å². The number of aromatic nitrogens is 1. The second kappa shape index (κ2) is 7.10. The van der Waals surface area contributed by atoms with Gasteiger partial charge < -0.3 is 15.3 Å². The topological polar surface area (TPSA) is 65.5 Å². The fourth-order valence-corrected chi connectivity index (χ4v) is 3.84. The summed E-state index contributed by atoms with van der Waals surface area (Å²) in [7, 11) is 0. The first-order chi connectivity index (χ1) is 11.2. The molecule has 0 radical (unpaired) electrons. The minimum Gasteiger partial charge on any atom is -0.394 e. The molecule has 2 atom stereocenters. The number of benzene rings is 1. The van der Waals surface area contributed by atoms with Crippen molar-refractivity contribution in [2.75, 3.05) is 13.2 Å². The van der Waals surface area contributed by atoms with Crippen molar-refractivity contribution in [2.24, 2.45) is 0 Å². The van der Waals surface area contributed by atoms with Gasteiger partial charge in [0, 0.05) is 18.1 Å². The molecular formula is C17H21N3O2S. The van der Waals surface area contributed by atoms with Gasteiger partial charge in [0.05, 0.1) is 18.7 Å². The second-order valence-corrected chi connectivity index (χ2v) is 6.55. The molecule has 1 aliphatic heterocycles. The maximum atomic E-state index is 12.7. The molecule has 2 amide bonds. The molecule has 0 saturated carbocycles. The van der Waals surface area contributed by atoms with Crippen LogP contribution in [0.15, 0.2) is 35.8 Å². The summed E-state index contributed by atoms with van der Waals surface area (Å²) in [6, 6.07) is 7.51. The maximum Gasteiger partial charge on any atom is 0.318 e. The Morgan fingerprint density at radius 3 is 3.04 bits per heavy atom. The molecular weight excluding hydrogens is 310 g/mol. The van der Waals surface area contributed by atoms with Crippen molar-refractivity contribution in [3.63, 3.8) is 0 Å². The Hall–Kier alpha value is -1.92. The van der Waals surface area contributed by atoms with Gasteiger partial charge >= 0.3 is 6.03 Å². The zero-order valence-corrected chi connectivity index (χ0v) is 13.9. The lowest BCUT2D eigenvalue weighted by Gasteiger charge is -2.37. The van der Waals surface area contributed by atoms with E-state index in [1.165, 1.54) is 5.56 Å². The molecule has 3 rings (SSSR count). The molecule has 1 aromatic carbocycles. The minimum absolute atomic E-state index is 0.0710. The van der Waals surface area contributed by atoms with Crippen molar-refractivity contribution >= 4 is 17.4 Å². The fraction of sp³-hybridized carbons (Fsp3) is 0.412. The highest BCUT2D eigenvalue weighted by molar-refractivity contribution is 7.09. The molecule has 2 heterocycles. The molecule has 5 nitrogen and oxygen atoms in total. The number of hydrogen-bond donors (Lipinski definition) is 2. The number of hydrogen-bond acceptors (Lipinski definition) is 4. The van der Waals surface area contributed by atoms with Crippen LogP contribution in [-0.2, 0) is 6.42 Å². The number of amides is 2. The third-order valence-electron chi connectivity index (χ3n) is 4.30. The first kappa shape index (κ1) is 16.0. The summed E-state index contributed by atoms with van der Waals surface area (Å²) in [4.78, 5) is 18.8. The van der Waals surface area contributed by atoms with E-state index in [1.807, 2.05) is 30.5 Å². The summed E-state index contributed by atoms with van der Waals surface area (Å²) in [5.41, 5.74) is 2.25. The highest BCUT2D eigenvalue weighted by Crippen LogP contribution is 2.30. The molecule has 122 valence electrons. The zero-order valence-electron chi connectivity index (χ0n) is 13.1. The average molecular weight is 331 g/mol. The number of aliphatic hydroxyl groups excluding tert-OH is 1. The summed E-state index contributed by atoms with van der Waals surface area (Å²) in [6.07, 6.45) is 3.35. The number of nitrogens with one attached hydrogen (secondary N) is 1. The third-order valence-corrected chi connectivity index (χ3v) is 5.19. The van der Waals surface area contributed by atoms with Gasteiger partial charge in [0.15, 0.2) is 0 Å². The Labute approximate surface area is 140 Å². The predicted octanol–water partition coefficient (Wildman–Crippen LogP) is 2.90. The van der Waals surface area contributed by atoms with E-state index >= 15 is 0 Å². The van der Waals surface area contributed by atoms with Crippen molar-refractivity contribution in [1.29, 1.82) is 0 Å². The number of aliphatic hydroxyl groups is 1. The van der Waals surface area contributed by atoms with Crippen molar-refractivity contribution in [3.8, 4) is 0 Å². The Balaban J connectivity index is 1.77. The number of carbonyl (C=O) groups is 1. The number of thiazole rings is 1. The molecule has 1 aliphatic rings. The molecule has 0 aliphatic carbocycles. The maximum absolute atomic E-state index is 12.7. The Morgan fingerprint density at radius 2 is 2.35 bits per heavy atom. The van der Waals surface area contributed by atoms with Gasteiger partial charge in [-0.25, -0.2) is 9.78 Å². The SMILES string of the molecule is CCC(NC(=O)N1CCc2ccccc2C1CO)c1nccs1. The van der Waals surface area contributed by atoms with Crippen LogP contribution in [0.2, 0.25) is 0 Å². The lowest BCUT2D eigenvalue weighted by molar-refractivity contribution is 0.124. The van der Waals surface area contributed by atoms with E-state index in [0.717, 1.165) is 23.4 Å². The molecule has 2 unspecified atom stereocenters. The molecule has 2 N–H and O–H groups in total. The van der Waals surface area contributed by atoms with Crippen molar-refractivity contribution in [3.05, 3.63) is 52.0 Å². The van der Waals surface area contributed by atoms with E-state index in [-0.39, 0.29) is 24.7 Å². The van der Waals surface area contributed by atoms with Gasteiger partial charge in [-0.15, -0.1) is 11.3 Å². The van der Waals surface area contributed by atoms with Gasteiger partial charge in [-0.2, -0.15) is 0 Å². The molecule has 2 aromatic rings. The number of nitrogens with zero attached hydrogens (tertiary/aromatic N) is 2. The van der Waals surface area contributed by atoms with Gasteiger partial charge in [-0.05, 0) is 24.0 Å². The molecule has 0 fully saturated rings. The van der Waals surface area contributed by atoms with Crippen molar-refractivity contribution in [2.45, 2.75) is 31.8 Å². The monoisotopic (exact) mass is 331 g/mol. The van der Waals surface area contributed by atoms with E-state index in [0.29, 0.717) is 6.54 Å². The van der Waals surface area contributed by atoms with E-state index < -0.39 is 0 Å². The third kappa shape index (κ3) is 3.23. The van der Waals surface area contributed by atoms with Crippen LogP contribution in [0.5, 0.6) is 0 Å². The van der Waals surface area contributed by atoms with Crippen LogP contribution < -0.4 is 5.32 Å². The van der Waals surface area contributed by atoms with E-state index in [2.05, 4.69) is 16.4 Å². The standard InChI is InChI=1S/C17H21N3O2S/c1-2-14(16-18-8-10-23-16)19-17(22)20-9-7-12-5-3-4-6-13(12)15(20)11-21/h3-6,8,10,14-15,21H,2,7,9,11H2,1H3,(H,19,22). The van der Waals surface area contributed by atoms with Crippen LogP contribution in [0.4, 0.5) is 4.79 Å². The van der Waals surface area contributed by atoms with Gasteiger partial charge in [-0.1, -0.05) is 31.2 Å².